The van der Waals surface area contributed by atoms with Gasteiger partial charge in [-0.05, 0) is 29.7 Å². The summed E-state index contributed by atoms with van der Waals surface area (Å²) >= 11 is 0. The number of nitrogens with two attached hydrogens (primary N) is 2. The monoisotopic (exact) mass is 520 g/mol. The van der Waals surface area contributed by atoms with Crippen molar-refractivity contribution in [2.45, 2.75) is 19.3 Å². The molecule has 4 rings (SSSR count). The topological polar surface area (TPSA) is 208 Å². The summed E-state index contributed by atoms with van der Waals surface area (Å²) in [5.41, 5.74) is 13.8. The average molecular weight is 521 g/mol. The van der Waals surface area contributed by atoms with Crippen LogP contribution in [-0.2, 0) is 11.2 Å². The number of nitrogens with zero attached hydrogens (tertiary/aromatic N) is 4. The van der Waals surface area contributed by atoms with E-state index in [1.54, 1.807) is 42.6 Å². The summed E-state index contributed by atoms with van der Waals surface area (Å²) in [7, 11) is 3.03. The molecule has 198 valence electrons. The van der Waals surface area contributed by atoms with E-state index in [0.717, 1.165) is 22.7 Å². The van der Waals surface area contributed by atoms with Crippen LogP contribution in [0.4, 0.5) is 5.69 Å². The van der Waals surface area contributed by atoms with Crippen molar-refractivity contribution in [1.82, 2.24) is 24.7 Å². The molecule has 13 heteroatoms. The Morgan fingerprint density at radius 3 is 2.29 bits per heavy atom. The van der Waals surface area contributed by atoms with Crippen LogP contribution in [0.15, 0.2) is 59.5 Å². The second kappa shape index (κ2) is 12.2. The number of rotatable bonds is 8. The molecule has 7 N–H and O–H groups in total. The number of anilines is 1. The maximum absolute atomic E-state index is 12.8. The summed E-state index contributed by atoms with van der Waals surface area (Å²) in [6.07, 6.45) is 2.01. The number of aromatic nitrogens is 5. The molecule has 0 radical (unpaired) electrons. The van der Waals surface area contributed by atoms with E-state index in [0.29, 0.717) is 35.3 Å². The molecule has 1 aromatic carbocycles. The smallest absolute Gasteiger partial charge is 0.349 e. The number of methoxy groups -OCH3 is 2. The van der Waals surface area contributed by atoms with Gasteiger partial charge in [-0.2, -0.15) is 9.67 Å². The Morgan fingerprint density at radius 1 is 1.16 bits per heavy atom. The molecule has 1 unspecified atom stereocenters. The highest BCUT2D eigenvalue weighted by atomic mass is 16.5. The van der Waals surface area contributed by atoms with Crippen molar-refractivity contribution in [2.75, 3.05) is 20.0 Å². The summed E-state index contributed by atoms with van der Waals surface area (Å²) in [5.74, 6) is 0.130. The van der Waals surface area contributed by atoms with Gasteiger partial charge < -0.3 is 26.0 Å². The molecule has 0 bridgehead atoms. The van der Waals surface area contributed by atoms with E-state index >= 15 is 0 Å². The third-order valence-corrected chi connectivity index (χ3v) is 5.31. The van der Waals surface area contributed by atoms with E-state index in [1.165, 1.54) is 14.2 Å². The second-order valence-electron chi connectivity index (χ2n) is 8.01. The van der Waals surface area contributed by atoms with E-state index in [2.05, 4.69) is 20.1 Å². The first kappa shape index (κ1) is 27.4. The molecule has 0 saturated heterocycles. The lowest BCUT2D eigenvalue weighted by Gasteiger charge is -2.17. The van der Waals surface area contributed by atoms with Gasteiger partial charge >= 0.3 is 5.69 Å². The van der Waals surface area contributed by atoms with Gasteiger partial charge in [0.2, 0.25) is 11.8 Å². The third kappa shape index (κ3) is 6.72. The lowest BCUT2D eigenvalue weighted by Crippen LogP contribution is -2.18. The van der Waals surface area contributed by atoms with Gasteiger partial charge in [0.05, 0.1) is 19.9 Å². The SMILES string of the molecule is CC(=O)O.COc1cc(C(Cc2ccc(C(=N)N)cc2)c2nn(-c3ncccc3N)c(=O)[nH]2)cc(OC)n1. The van der Waals surface area contributed by atoms with E-state index < -0.39 is 17.6 Å². The molecule has 0 amide bonds. The van der Waals surface area contributed by atoms with Crippen molar-refractivity contribution < 1.29 is 19.4 Å². The molecule has 13 nitrogen and oxygen atoms in total. The number of aliphatic carboxylic acids is 1. The number of H-pyrrole nitrogens is 1. The predicted octanol–water partition coefficient (Wildman–Crippen LogP) is 1.70. The highest BCUT2D eigenvalue weighted by molar-refractivity contribution is 5.94. The van der Waals surface area contributed by atoms with Crippen molar-refractivity contribution in [3.05, 3.63) is 87.7 Å². The van der Waals surface area contributed by atoms with Crippen molar-refractivity contribution >= 4 is 17.5 Å². The molecule has 0 spiro atoms. The summed E-state index contributed by atoms with van der Waals surface area (Å²) in [6.45, 7) is 1.08. The fourth-order valence-electron chi connectivity index (χ4n) is 3.57. The molecular weight excluding hydrogens is 492 g/mol. The Labute approximate surface area is 217 Å². The first-order valence-corrected chi connectivity index (χ1v) is 11.3. The van der Waals surface area contributed by atoms with Crippen molar-refractivity contribution in [3.63, 3.8) is 0 Å². The zero-order chi connectivity index (χ0) is 27.8. The number of carboxylic acids is 1. The Morgan fingerprint density at radius 2 is 1.76 bits per heavy atom. The zero-order valence-electron chi connectivity index (χ0n) is 21.0. The van der Waals surface area contributed by atoms with Gasteiger partial charge in [0, 0.05) is 36.7 Å². The Hall–Kier alpha value is -5.20. The van der Waals surface area contributed by atoms with Gasteiger partial charge in [-0.3, -0.25) is 15.2 Å². The van der Waals surface area contributed by atoms with E-state index in [9.17, 15) is 4.79 Å². The van der Waals surface area contributed by atoms with Gasteiger partial charge in [0.15, 0.2) is 5.82 Å². The number of benzene rings is 1. The number of pyridine rings is 2. The molecule has 0 aliphatic rings. The van der Waals surface area contributed by atoms with Crippen LogP contribution in [0.2, 0.25) is 0 Å². The molecule has 0 saturated carbocycles. The van der Waals surface area contributed by atoms with Gasteiger partial charge in [-0.1, -0.05) is 24.3 Å². The number of carbonyl (C=O) groups is 1. The van der Waals surface area contributed by atoms with Crippen LogP contribution in [0, 0.1) is 5.41 Å². The quantitative estimate of drug-likeness (QED) is 0.168. The number of aromatic amines is 1. The summed E-state index contributed by atoms with van der Waals surface area (Å²) in [6, 6.07) is 14.2. The fourth-order valence-corrected chi connectivity index (χ4v) is 3.57. The molecule has 3 heterocycles. The normalized spacial score (nSPS) is 11.1. The largest absolute Gasteiger partial charge is 0.481 e. The number of amidine groups is 1. The first-order chi connectivity index (χ1) is 18.1. The summed E-state index contributed by atoms with van der Waals surface area (Å²) in [4.78, 5) is 33.1. The Kier molecular flexibility index (Phi) is 8.77. The van der Waals surface area contributed by atoms with Gasteiger partial charge in [0.25, 0.3) is 5.97 Å². The molecule has 0 aliphatic carbocycles. The maximum Gasteiger partial charge on any atom is 0.349 e. The number of nitrogen functional groups attached to an aromatic ring is 2. The van der Waals surface area contributed by atoms with Crippen LogP contribution < -0.4 is 26.6 Å². The first-order valence-electron chi connectivity index (χ1n) is 11.3. The maximum atomic E-state index is 12.8. The molecule has 0 aliphatic heterocycles. The second-order valence-corrected chi connectivity index (χ2v) is 8.01. The minimum Gasteiger partial charge on any atom is -0.481 e. The molecule has 1 atom stereocenters. The number of nitrogens with one attached hydrogen (secondary N) is 2. The number of carboxylic acid groups (broad SMARTS) is 1. The highest BCUT2D eigenvalue weighted by Gasteiger charge is 2.23. The average Bonchev–Trinajstić information content (AvgIpc) is 3.27. The number of hydrogen-bond acceptors (Lipinski definition) is 9. The van der Waals surface area contributed by atoms with Gasteiger partial charge in [-0.25, -0.2) is 9.78 Å². The molecular formula is C25H28N8O5. The minimum absolute atomic E-state index is 0.0114. The van der Waals surface area contributed by atoms with Crippen LogP contribution in [-0.4, -0.2) is 55.9 Å². The van der Waals surface area contributed by atoms with Crippen LogP contribution >= 0.6 is 0 Å². The third-order valence-electron chi connectivity index (χ3n) is 5.31. The van der Waals surface area contributed by atoms with Crippen LogP contribution in [0.1, 0.15) is 35.4 Å². The molecule has 38 heavy (non-hydrogen) atoms. The van der Waals surface area contributed by atoms with Crippen LogP contribution in [0.5, 0.6) is 11.8 Å². The standard InChI is InChI=1S/C23H24N8O3.C2H4O2/c1-33-18-11-15(12-19(28-18)34-2)16(10-13-5-7-14(8-6-13)20(25)26)21-29-23(32)31(30-21)22-17(24)4-3-9-27-22;1-2(3)4/h3-9,11-12,16H,10,24H2,1-2H3,(H3,25,26)(H,29,30,32);1H3,(H,3,4). The molecule has 4 aromatic rings. The highest BCUT2D eigenvalue weighted by Crippen LogP contribution is 2.31. The van der Waals surface area contributed by atoms with Crippen molar-refractivity contribution in [2.24, 2.45) is 5.73 Å². The zero-order valence-corrected chi connectivity index (χ0v) is 21.0. The molecule has 0 fully saturated rings. The predicted molar refractivity (Wildman–Crippen MR) is 140 cm³/mol. The van der Waals surface area contributed by atoms with E-state index in [-0.39, 0.29) is 11.7 Å². The van der Waals surface area contributed by atoms with Crippen LogP contribution in [0.3, 0.4) is 0 Å². The number of ether oxygens (including phenoxy) is 2. The number of hydrogen-bond donors (Lipinski definition) is 5. The Balaban J connectivity index is 0.000000934. The lowest BCUT2D eigenvalue weighted by atomic mass is 9.91. The Bertz CT molecular complexity index is 1450. The van der Waals surface area contributed by atoms with Gasteiger partial charge in [-0.15, -0.1) is 5.10 Å². The van der Waals surface area contributed by atoms with Gasteiger partial charge in [0.1, 0.15) is 11.7 Å². The lowest BCUT2D eigenvalue weighted by molar-refractivity contribution is -0.134. The minimum atomic E-state index is -0.833. The van der Waals surface area contributed by atoms with Crippen molar-refractivity contribution in [3.8, 4) is 17.6 Å². The summed E-state index contributed by atoms with van der Waals surface area (Å²) in [5, 5.41) is 19.5. The van der Waals surface area contributed by atoms with E-state index in [4.69, 9.17) is 36.3 Å². The van der Waals surface area contributed by atoms with Crippen LogP contribution in [0.25, 0.3) is 5.82 Å². The summed E-state index contributed by atoms with van der Waals surface area (Å²) < 4.78 is 11.8. The fraction of sp³-hybridized carbons (Fsp3) is 0.200. The van der Waals surface area contributed by atoms with Crippen molar-refractivity contribution in [1.29, 1.82) is 5.41 Å². The molecule has 3 aromatic heterocycles. The van der Waals surface area contributed by atoms with E-state index in [1.807, 2.05) is 12.1 Å².